The lowest BCUT2D eigenvalue weighted by molar-refractivity contribution is 0.0536. The lowest BCUT2D eigenvalue weighted by atomic mass is 9.99. The SMILES string of the molecule is CN=C(NCc1ccc2c(c1)CCCN2C)N1CCC(COCCOC)C1. The standard InChI is InChI=1S/C21H34N4O2/c1-22-21(25-10-8-18(15-25)16-27-12-11-26-3)23-14-17-6-7-20-19(13-17)5-4-9-24(20)2/h6-7,13,18H,4-5,8-12,14-16H2,1-3H3,(H,22,23). The molecule has 0 bridgehead atoms. The summed E-state index contributed by atoms with van der Waals surface area (Å²) < 4.78 is 10.7. The molecule has 2 aliphatic heterocycles. The van der Waals surface area contributed by atoms with Gasteiger partial charge in [-0.25, -0.2) is 0 Å². The molecule has 0 saturated carbocycles. The van der Waals surface area contributed by atoms with E-state index in [0.29, 0.717) is 19.1 Å². The molecule has 0 aromatic heterocycles. The van der Waals surface area contributed by atoms with E-state index in [4.69, 9.17) is 9.47 Å². The van der Waals surface area contributed by atoms with Crippen molar-refractivity contribution < 1.29 is 9.47 Å². The van der Waals surface area contributed by atoms with Gasteiger partial charge in [-0.3, -0.25) is 4.99 Å². The molecule has 0 spiro atoms. The largest absolute Gasteiger partial charge is 0.382 e. The lowest BCUT2D eigenvalue weighted by Crippen LogP contribution is -2.40. The first kappa shape index (κ1) is 20.0. The van der Waals surface area contributed by atoms with Gasteiger partial charge in [0.2, 0.25) is 0 Å². The van der Waals surface area contributed by atoms with Gasteiger partial charge in [0.1, 0.15) is 0 Å². The maximum atomic E-state index is 5.69. The summed E-state index contributed by atoms with van der Waals surface area (Å²) in [6.07, 6.45) is 3.57. The second kappa shape index (κ2) is 9.95. The highest BCUT2D eigenvalue weighted by Crippen LogP contribution is 2.26. The molecule has 6 nitrogen and oxygen atoms in total. The molecule has 1 atom stereocenters. The van der Waals surface area contributed by atoms with Crippen LogP contribution in [0.25, 0.3) is 0 Å². The van der Waals surface area contributed by atoms with Crippen molar-refractivity contribution in [3.05, 3.63) is 29.3 Å². The minimum absolute atomic E-state index is 0.569. The molecule has 3 rings (SSSR count). The van der Waals surface area contributed by atoms with Crippen LogP contribution in [0, 0.1) is 5.92 Å². The van der Waals surface area contributed by atoms with Crippen molar-refractivity contribution in [2.75, 3.05) is 65.6 Å². The first-order chi connectivity index (χ1) is 13.2. The number of guanidine groups is 1. The van der Waals surface area contributed by atoms with Gasteiger partial charge in [-0.2, -0.15) is 0 Å². The number of hydrogen-bond donors (Lipinski definition) is 1. The van der Waals surface area contributed by atoms with Crippen LogP contribution in [0.15, 0.2) is 23.2 Å². The van der Waals surface area contributed by atoms with Crippen LogP contribution in [0.4, 0.5) is 5.69 Å². The highest BCUT2D eigenvalue weighted by molar-refractivity contribution is 5.80. The van der Waals surface area contributed by atoms with Gasteiger partial charge in [0.25, 0.3) is 0 Å². The predicted molar refractivity (Wildman–Crippen MR) is 111 cm³/mol. The normalized spacial score (nSPS) is 20.1. The van der Waals surface area contributed by atoms with E-state index in [2.05, 4.69) is 45.4 Å². The van der Waals surface area contributed by atoms with Crippen molar-refractivity contribution in [1.29, 1.82) is 0 Å². The molecule has 1 aromatic rings. The average molecular weight is 375 g/mol. The van der Waals surface area contributed by atoms with E-state index in [0.717, 1.165) is 45.2 Å². The van der Waals surface area contributed by atoms with Crippen molar-refractivity contribution in [1.82, 2.24) is 10.2 Å². The second-order valence-corrected chi connectivity index (χ2v) is 7.56. The average Bonchev–Trinajstić information content (AvgIpc) is 3.15. The Hall–Kier alpha value is -1.79. The van der Waals surface area contributed by atoms with Gasteiger partial charge in [0.05, 0.1) is 19.8 Å². The van der Waals surface area contributed by atoms with Crippen LogP contribution in [-0.4, -0.2) is 71.5 Å². The van der Waals surface area contributed by atoms with Crippen LogP contribution in [0.1, 0.15) is 24.0 Å². The van der Waals surface area contributed by atoms with Crippen LogP contribution >= 0.6 is 0 Å². The lowest BCUT2D eigenvalue weighted by Gasteiger charge is -2.28. The quantitative estimate of drug-likeness (QED) is 0.450. The minimum Gasteiger partial charge on any atom is -0.382 e. The van der Waals surface area contributed by atoms with Crippen LogP contribution in [-0.2, 0) is 22.4 Å². The zero-order chi connectivity index (χ0) is 19.1. The molecule has 1 aromatic carbocycles. The van der Waals surface area contributed by atoms with Crippen molar-refractivity contribution in [2.24, 2.45) is 10.9 Å². The van der Waals surface area contributed by atoms with Crippen LogP contribution < -0.4 is 10.2 Å². The van der Waals surface area contributed by atoms with Crippen LogP contribution in [0.2, 0.25) is 0 Å². The smallest absolute Gasteiger partial charge is 0.193 e. The Morgan fingerprint density at radius 3 is 3.00 bits per heavy atom. The van der Waals surface area contributed by atoms with Crippen molar-refractivity contribution in [3.8, 4) is 0 Å². The number of nitrogens with zero attached hydrogens (tertiary/aromatic N) is 3. The Balaban J connectivity index is 1.48. The third-order valence-electron chi connectivity index (χ3n) is 5.53. The number of anilines is 1. The number of fused-ring (bicyclic) bond motifs is 1. The van der Waals surface area contributed by atoms with E-state index < -0.39 is 0 Å². The highest BCUT2D eigenvalue weighted by atomic mass is 16.5. The third kappa shape index (κ3) is 5.36. The van der Waals surface area contributed by atoms with E-state index in [-0.39, 0.29) is 0 Å². The number of benzene rings is 1. The Morgan fingerprint density at radius 2 is 2.19 bits per heavy atom. The monoisotopic (exact) mass is 374 g/mol. The predicted octanol–water partition coefficient (Wildman–Crippen LogP) is 2.13. The fraction of sp³-hybridized carbons (Fsp3) is 0.667. The number of methoxy groups -OCH3 is 1. The number of rotatable bonds is 7. The first-order valence-electron chi connectivity index (χ1n) is 10.1. The maximum Gasteiger partial charge on any atom is 0.193 e. The number of likely N-dealkylation sites (tertiary alicyclic amines) is 1. The van der Waals surface area contributed by atoms with E-state index in [1.165, 1.54) is 29.7 Å². The molecule has 0 aliphatic carbocycles. The molecular formula is C21H34N4O2. The summed E-state index contributed by atoms with van der Waals surface area (Å²) >= 11 is 0. The third-order valence-corrected chi connectivity index (χ3v) is 5.53. The summed E-state index contributed by atoms with van der Waals surface area (Å²) in [7, 11) is 5.75. The maximum absolute atomic E-state index is 5.69. The summed E-state index contributed by atoms with van der Waals surface area (Å²) in [6, 6.07) is 6.84. The fourth-order valence-corrected chi connectivity index (χ4v) is 4.02. The molecule has 2 aliphatic rings. The Kier molecular flexibility index (Phi) is 7.35. The summed E-state index contributed by atoms with van der Waals surface area (Å²) in [5.74, 6) is 1.56. The van der Waals surface area contributed by atoms with Gasteiger partial charge >= 0.3 is 0 Å². The van der Waals surface area contributed by atoms with E-state index in [9.17, 15) is 0 Å². The molecule has 1 fully saturated rings. The Bertz CT molecular complexity index is 635. The number of aliphatic imine (C=N–C) groups is 1. The molecule has 1 unspecified atom stereocenters. The van der Waals surface area contributed by atoms with Gasteiger partial charge in [-0.05, 0) is 36.5 Å². The highest BCUT2D eigenvalue weighted by Gasteiger charge is 2.25. The van der Waals surface area contributed by atoms with Crippen LogP contribution in [0.5, 0.6) is 0 Å². The molecule has 27 heavy (non-hydrogen) atoms. The molecule has 2 heterocycles. The van der Waals surface area contributed by atoms with Gasteiger partial charge in [-0.15, -0.1) is 0 Å². The van der Waals surface area contributed by atoms with Gasteiger partial charge in [0, 0.05) is 59.0 Å². The van der Waals surface area contributed by atoms with E-state index in [1.807, 2.05) is 7.05 Å². The summed E-state index contributed by atoms with van der Waals surface area (Å²) in [5.41, 5.74) is 4.17. The molecule has 0 radical (unpaired) electrons. The number of hydrogen-bond acceptors (Lipinski definition) is 4. The summed E-state index contributed by atoms with van der Waals surface area (Å²) in [4.78, 5) is 9.19. The number of ether oxygens (including phenoxy) is 2. The van der Waals surface area contributed by atoms with E-state index >= 15 is 0 Å². The topological polar surface area (TPSA) is 49.3 Å². The van der Waals surface area contributed by atoms with Crippen molar-refractivity contribution >= 4 is 11.6 Å². The van der Waals surface area contributed by atoms with Gasteiger partial charge in [0.15, 0.2) is 5.96 Å². The molecule has 1 saturated heterocycles. The van der Waals surface area contributed by atoms with E-state index in [1.54, 1.807) is 7.11 Å². The summed E-state index contributed by atoms with van der Waals surface area (Å²) in [6.45, 7) is 6.14. The summed E-state index contributed by atoms with van der Waals surface area (Å²) in [5, 5.41) is 3.54. The molecule has 1 N–H and O–H groups in total. The first-order valence-corrected chi connectivity index (χ1v) is 10.1. The second-order valence-electron chi connectivity index (χ2n) is 7.56. The van der Waals surface area contributed by atoms with Gasteiger partial charge in [-0.1, -0.05) is 12.1 Å². The number of nitrogens with one attached hydrogen (secondary N) is 1. The Labute approximate surface area is 163 Å². The zero-order valence-electron chi connectivity index (χ0n) is 17.0. The Morgan fingerprint density at radius 1 is 1.30 bits per heavy atom. The molecule has 0 amide bonds. The molecular weight excluding hydrogens is 340 g/mol. The molecule has 150 valence electrons. The van der Waals surface area contributed by atoms with Crippen LogP contribution in [0.3, 0.4) is 0 Å². The fourth-order valence-electron chi connectivity index (χ4n) is 4.02. The molecule has 6 heteroatoms. The van der Waals surface area contributed by atoms with Gasteiger partial charge < -0.3 is 24.6 Å². The van der Waals surface area contributed by atoms with Crippen molar-refractivity contribution in [3.63, 3.8) is 0 Å². The van der Waals surface area contributed by atoms with Crippen molar-refractivity contribution in [2.45, 2.75) is 25.8 Å². The number of aryl methyl sites for hydroxylation is 1. The minimum atomic E-state index is 0.569. The zero-order valence-corrected chi connectivity index (χ0v) is 17.0.